The molecule has 1 saturated carbocycles. The van der Waals surface area contributed by atoms with E-state index in [0.717, 1.165) is 30.9 Å². The summed E-state index contributed by atoms with van der Waals surface area (Å²) < 4.78 is 11.4. The minimum Gasteiger partial charge on any atom is -0.493 e. The molecule has 1 heterocycles. The smallest absolute Gasteiger partial charge is 0.134 e. The molecule has 0 spiro atoms. The fourth-order valence-electron chi connectivity index (χ4n) is 2.63. The van der Waals surface area contributed by atoms with E-state index in [1.807, 2.05) is 18.2 Å². The third-order valence-corrected chi connectivity index (χ3v) is 3.69. The van der Waals surface area contributed by atoms with Crippen LogP contribution in [0, 0.1) is 5.92 Å². The fraction of sp³-hybridized carbons (Fsp3) is 0.467. The van der Waals surface area contributed by atoms with Gasteiger partial charge in [0.25, 0.3) is 0 Å². The van der Waals surface area contributed by atoms with Crippen molar-refractivity contribution in [1.82, 2.24) is 0 Å². The van der Waals surface area contributed by atoms with E-state index in [1.165, 1.54) is 17.4 Å². The Kier molecular flexibility index (Phi) is 4.38. The third-order valence-electron chi connectivity index (χ3n) is 3.69. The van der Waals surface area contributed by atoms with Gasteiger partial charge in [0, 0.05) is 10.9 Å². The third kappa shape index (κ3) is 2.58. The molecule has 4 heteroatoms. The van der Waals surface area contributed by atoms with E-state index in [9.17, 15) is 0 Å². The largest absolute Gasteiger partial charge is 0.493 e. The lowest BCUT2D eigenvalue weighted by Crippen LogP contribution is -2.04. The molecule has 1 aliphatic rings. The number of hydrogen-bond acceptors (Lipinski definition) is 3. The molecular formula is C15H20ClNO2. The SMILES string of the molecule is CCCOc1ccc2occc2c1[C@H]1C[C@@H]1CN.Cl. The summed E-state index contributed by atoms with van der Waals surface area (Å²) in [6.45, 7) is 3.64. The van der Waals surface area contributed by atoms with Crippen LogP contribution in [0.1, 0.15) is 31.2 Å². The van der Waals surface area contributed by atoms with E-state index in [1.54, 1.807) is 6.26 Å². The molecule has 1 fully saturated rings. The minimum atomic E-state index is 0. The first-order valence-corrected chi connectivity index (χ1v) is 6.68. The van der Waals surface area contributed by atoms with E-state index in [-0.39, 0.29) is 12.4 Å². The van der Waals surface area contributed by atoms with Crippen LogP contribution in [-0.2, 0) is 0 Å². The average Bonchev–Trinajstić information content (AvgIpc) is 3.02. The predicted octanol–water partition coefficient (Wildman–Crippen LogP) is 3.71. The molecule has 1 aliphatic carbocycles. The number of furan rings is 1. The average molecular weight is 282 g/mol. The zero-order chi connectivity index (χ0) is 12.5. The molecule has 0 saturated heterocycles. The number of halogens is 1. The van der Waals surface area contributed by atoms with Gasteiger partial charge < -0.3 is 14.9 Å². The number of ether oxygens (including phenoxy) is 1. The van der Waals surface area contributed by atoms with Gasteiger partial charge in [-0.05, 0) is 49.4 Å². The Morgan fingerprint density at radius 3 is 2.89 bits per heavy atom. The van der Waals surface area contributed by atoms with Gasteiger partial charge in [-0.3, -0.25) is 0 Å². The molecule has 19 heavy (non-hydrogen) atoms. The van der Waals surface area contributed by atoms with Crippen LogP contribution in [0.2, 0.25) is 0 Å². The Labute approximate surface area is 119 Å². The van der Waals surface area contributed by atoms with Crippen LogP contribution in [-0.4, -0.2) is 13.2 Å². The molecule has 2 atom stereocenters. The van der Waals surface area contributed by atoms with E-state index >= 15 is 0 Å². The first-order valence-electron chi connectivity index (χ1n) is 6.68. The Balaban J connectivity index is 0.00000133. The van der Waals surface area contributed by atoms with E-state index < -0.39 is 0 Å². The van der Waals surface area contributed by atoms with Gasteiger partial charge in [0.1, 0.15) is 11.3 Å². The predicted molar refractivity (Wildman–Crippen MR) is 79.2 cm³/mol. The summed E-state index contributed by atoms with van der Waals surface area (Å²) in [5.41, 5.74) is 8.00. The molecule has 2 N–H and O–H groups in total. The summed E-state index contributed by atoms with van der Waals surface area (Å²) in [6.07, 6.45) is 3.94. The Bertz CT molecular complexity index is 552. The van der Waals surface area contributed by atoms with Crippen molar-refractivity contribution in [1.29, 1.82) is 0 Å². The van der Waals surface area contributed by atoms with Gasteiger partial charge >= 0.3 is 0 Å². The minimum absolute atomic E-state index is 0. The van der Waals surface area contributed by atoms with Gasteiger partial charge in [-0.25, -0.2) is 0 Å². The van der Waals surface area contributed by atoms with E-state index in [0.29, 0.717) is 11.8 Å². The van der Waals surface area contributed by atoms with Gasteiger partial charge in [-0.15, -0.1) is 12.4 Å². The Hall–Kier alpha value is -1.19. The highest BCUT2D eigenvalue weighted by molar-refractivity contribution is 5.85. The molecule has 1 aromatic carbocycles. The Morgan fingerprint density at radius 2 is 2.21 bits per heavy atom. The lowest BCUT2D eigenvalue weighted by Gasteiger charge is -2.11. The van der Waals surface area contributed by atoms with Crippen molar-refractivity contribution >= 4 is 23.4 Å². The first-order chi connectivity index (χ1) is 8.85. The number of nitrogens with two attached hydrogens (primary N) is 1. The topological polar surface area (TPSA) is 48.4 Å². The summed E-state index contributed by atoms with van der Waals surface area (Å²) in [5, 5.41) is 1.18. The second kappa shape index (κ2) is 5.85. The summed E-state index contributed by atoms with van der Waals surface area (Å²) in [7, 11) is 0. The van der Waals surface area contributed by atoms with E-state index in [4.69, 9.17) is 14.9 Å². The van der Waals surface area contributed by atoms with Gasteiger partial charge in [-0.2, -0.15) is 0 Å². The molecule has 1 aromatic heterocycles. The lowest BCUT2D eigenvalue weighted by molar-refractivity contribution is 0.314. The van der Waals surface area contributed by atoms with Gasteiger partial charge in [0.05, 0.1) is 12.9 Å². The van der Waals surface area contributed by atoms with Crippen LogP contribution < -0.4 is 10.5 Å². The van der Waals surface area contributed by atoms with Crippen molar-refractivity contribution in [2.24, 2.45) is 11.7 Å². The number of rotatable bonds is 5. The first kappa shape index (κ1) is 14.2. The van der Waals surface area contributed by atoms with E-state index in [2.05, 4.69) is 6.92 Å². The van der Waals surface area contributed by atoms with Gasteiger partial charge in [-0.1, -0.05) is 6.92 Å². The van der Waals surface area contributed by atoms with Crippen LogP contribution in [0.4, 0.5) is 0 Å². The van der Waals surface area contributed by atoms with Crippen molar-refractivity contribution in [3.63, 3.8) is 0 Å². The van der Waals surface area contributed by atoms with Crippen LogP contribution >= 0.6 is 12.4 Å². The van der Waals surface area contributed by atoms with Gasteiger partial charge in [0.15, 0.2) is 0 Å². The Morgan fingerprint density at radius 1 is 1.37 bits per heavy atom. The standard InChI is InChI=1S/C15H19NO2.ClH/c1-2-6-17-14-4-3-13-11(5-7-18-13)15(14)12-8-10(12)9-16;/h3-5,7,10,12H,2,6,8-9,16H2,1H3;1H/t10-,12+;/m1./s1. The monoisotopic (exact) mass is 281 g/mol. The fourth-order valence-corrected chi connectivity index (χ4v) is 2.63. The molecule has 0 unspecified atom stereocenters. The van der Waals surface area contributed by atoms with Gasteiger partial charge in [0.2, 0.25) is 0 Å². The van der Waals surface area contributed by atoms with Crippen molar-refractivity contribution < 1.29 is 9.15 Å². The summed E-state index contributed by atoms with van der Waals surface area (Å²) in [5.74, 6) is 2.16. The number of hydrogen-bond donors (Lipinski definition) is 1. The molecule has 0 bridgehead atoms. The maximum atomic E-state index is 5.88. The molecule has 104 valence electrons. The second-order valence-corrected chi connectivity index (χ2v) is 5.00. The van der Waals surface area contributed by atoms with Crippen LogP contribution in [0.15, 0.2) is 28.9 Å². The maximum absolute atomic E-state index is 5.88. The molecule has 0 radical (unpaired) electrons. The maximum Gasteiger partial charge on any atom is 0.134 e. The van der Waals surface area contributed by atoms with Crippen molar-refractivity contribution in [3.8, 4) is 5.75 Å². The number of fused-ring (bicyclic) bond motifs is 1. The molecule has 2 aromatic rings. The lowest BCUT2D eigenvalue weighted by atomic mass is 10.0. The normalized spacial score (nSPS) is 21.2. The molecule has 0 amide bonds. The number of benzene rings is 1. The van der Waals surface area contributed by atoms with Crippen molar-refractivity contribution in [2.45, 2.75) is 25.7 Å². The zero-order valence-electron chi connectivity index (χ0n) is 11.1. The van der Waals surface area contributed by atoms with Crippen LogP contribution in [0.25, 0.3) is 11.0 Å². The highest BCUT2D eigenvalue weighted by atomic mass is 35.5. The molecule has 3 nitrogen and oxygen atoms in total. The zero-order valence-corrected chi connectivity index (χ0v) is 11.9. The quantitative estimate of drug-likeness (QED) is 0.909. The van der Waals surface area contributed by atoms with Crippen molar-refractivity contribution in [2.75, 3.05) is 13.2 Å². The second-order valence-electron chi connectivity index (χ2n) is 5.00. The molecule has 0 aliphatic heterocycles. The summed E-state index contributed by atoms with van der Waals surface area (Å²) in [6, 6.07) is 6.06. The van der Waals surface area contributed by atoms with Crippen LogP contribution in [0.3, 0.4) is 0 Å². The highest BCUT2D eigenvalue weighted by Crippen LogP contribution is 2.52. The van der Waals surface area contributed by atoms with Crippen LogP contribution in [0.5, 0.6) is 5.75 Å². The molecule has 3 rings (SSSR count). The summed E-state index contributed by atoms with van der Waals surface area (Å²) in [4.78, 5) is 0. The molecular weight excluding hydrogens is 262 g/mol. The summed E-state index contributed by atoms with van der Waals surface area (Å²) >= 11 is 0. The highest BCUT2D eigenvalue weighted by Gasteiger charge is 2.40. The van der Waals surface area contributed by atoms with Crippen molar-refractivity contribution in [3.05, 3.63) is 30.0 Å².